The largest absolute Gasteiger partial charge is 0.454 e. The van der Waals surface area contributed by atoms with Crippen molar-refractivity contribution in [1.29, 1.82) is 0 Å². The molecule has 9 aromatic carbocycles. The molecular formula is C56H35NO2S. The predicted octanol–water partition coefficient (Wildman–Crippen LogP) is 16.8. The van der Waals surface area contributed by atoms with Crippen LogP contribution < -0.4 is 4.90 Å². The third-order valence-electron chi connectivity index (χ3n) is 11.7. The summed E-state index contributed by atoms with van der Waals surface area (Å²) in [5.41, 5.74) is 16.0. The topological polar surface area (TPSA) is 29.5 Å². The fourth-order valence-corrected chi connectivity index (χ4v) is 9.92. The van der Waals surface area contributed by atoms with Crippen molar-refractivity contribution in [3.05, 3.63) is 212 Å². The maximum absolute atomic E-state index is 6.84. The number of hydrogen-bond acceptors (Lipinski definition) is 4. The van der Waals surface area contributed by atoms with Crippen LogP contribution in [0.1, 0.15) is 0 Å². The Bertz CT molecular complexity index is 3470. The van der Waals surface area contributed by atoms with Gasteiger partial charge in [0, 0.05) is 38.0 Å². The van der Waals surface area contributed by atoms with Gasteiger partial charge >= 0.3 is 0 Å². The fraction of sp³-hybridized carbons (Fsp3) is 0. The first-order valence-corrected chi connectivity index (χ1v) is 21.0. The first kappa shape index (κ1) is 34.4. The lowest BCUT2D eigenvalue weighted by molar-refractivity contribution is 0.668. The zero-order valence-electron chi connectivity index (χ0n) is 32.4. The van der Waals surface area contributed by atoms with E-state index in [-0.39, 0.29) is 0 Å². The van der Waals surface area contributed by atoms with E-state index in [9.17, 15) is 0 Å². The van der Waals surface area contributed by atoms with E-state index < -0.39 is 0 Å². The second-order valence-electron chi connectivity index (χ2n) is 15.3. The van der Waals surface area contributed by atoms with Crippen molar-refractivity contribution in [2.75, 3.05) is 4.90 Å². The molecule has 0 spiro atoms. The summed E-state index contributed by atoms with van der Waals surface area (Å²) in [6.45, 7) is 0. The van der Waals surface area contributed by atoms with E-state index >= 15 is 0 Å². The molecule has 0 N–H and O–H groups in total. The van der Waals surface area contributed by atoms with E-state index in [0.717, 1.165) is 65.6 Å². The van der Waals surface area contributed by atoms with Gasteiger partial charge in [0.1, 0.15) is 11.2 Å². The molecular weight excluding hydrogens is 751 g/mol. The van der Waals surface area contributed by atoms with E-state index in [1.807, 2.05) is 12.1 Å². The van der Waals surface area contributed by atoms with Gasteiger partial charge in [-0.25, -0.2) is 0 Å². The predicted molar refractivity (Wildman–Crippen MR) is 253 cm³/mol. The van der Waals surface area contributed by atoms with E-state index in [1.54, 1.807) is 11.3 Å². The van der Waals surface area contributed by atoms with Crippen LogP contribution in [0.2, 0.25) is 0 Å². The Morgan fingerprint density at radius 1 is 0.317 bits per heavy atom. The van der Waals surface area contributed by atoms with E-state index in [1.165, 1.54) is 49.2 Å². The molecule has 0 fully saturated rings. The molecule has 0 atom stereocenters. The summed E-state index contributed by atoms with van der Waals surface area (Å²) in [6.07, 6.45) is 0. The molecule has 0 aliphatic carbocycles. The average molecular weight is 786 g/mol. The number of anilines is 3. The van der Waals surface area contributed by atoms with Gasteiger partial charge in [-0.15, -0.1) is 11.3 Å². The SMILES string of the molecule is c1ccc(-c2ccc(N(c3ccc4c(c3)oc3c5ccc(-c6cc(-c7ccccc7)cc(-c7ccccc7)c6)cc5sc43)c3cccc4c3oc3ccccc34)cc2)cc1. The number of para-hydroxylation sites is 2. The summed E-state index contributed by atoms with van der Waals surface area (Å²) in [4.78, 5) is 2.28. The van der Waals surface area contributed by atoms with Gasteiger partial charge in [-0.1, -0.05) is 140 Å². The van der Waals surface area contributed by atoms with Gasteiger partial charge in [-0.3, -0.25) is 0 Å². The van der Waals surface area contributed by atoms with Crippen LogP contribution in [0.25, 0.3) is 97.8 Å². The van der Waals surface area contributed by atoms with Crippen molar-refractivity contribution < 1.29 is 8.83 Å². The third-order valence-corrected chi connectivity index (χ3v) is 12.8. The molecule has 12 aromatic rings. The summed E-state index contributed by atoms with van der Waals surface area (Å²) in [5, 5.41) is 4.42. The molecule has 0 bridgehead atoms. The van der Waals surface area contributed by atoms with Gasteiger partial charge < -0.3 is 13.7 Å². The molecule has 0 aliphatic heterocycles. The maximum Gasteiger partial charge on any atom is 0.159 e. The molecule has 0 unspecified atom stereocenters. The lowest BCUT2D eigenvalue weighted by atomic mass is 9.93. The molecule has 4 heteroatoms. The molecule has 0 saturated heterocycles. The van der Waals surface area contributed by atoms with Crippen LogP contribution in [0.15, 0.2) is 221 Å². The minimum Gasteiger partial charge on any atom is -0.454 e. The Morgan fingerprint density at radius 3 is 1.55 bits per heavy atom. The molecule has 3 aromatic heterocycles. The normalized spacial score (nSPS) is 11.7. The quantitative estimate of drug-likeness (QED) is 0.161. The van der Waals surface area contributed by atoms with Gasteiger partial charge in [0.15, 0.2) is 11.2 Å². The molecule has 3 nitrogen and oxygen atoms in total. The minimum atomic E-state index is 0.846. The third kappa shape index (κ3) is 5.80. The van der Waals surface area contributed by atoms with Crippen LogP contribution >= 0.6 is 11.3 Å². The summed E-state index contributed by atoms with van der Waals surface area (Å²) in [5.74, 6) is 0. The standard InChI is InChI=1S/C56H35NO2S/c1-4-13-36(14-5-1)39-23-26-44(27-24-39)57(50-21-12-20-47-46-19-10-11-22-51(46)58-54(47)50)45-28-30-48-52(35-45)59-55-49-29-25-40(34-53(49)60-56(48)55)43-32-41(37-15-6-2-7-16-37)31-42(33-43)38-17-8-3-9-18-38/h1-35H. The van der Waals surface area contributed by atoms with Crippen molar-refractivity contribution in [2.45, 2.75) is 0 Å². The van der Waals surface area contributed by atoms with Crippen LogP contribution in [-0.4, -0.2) is 0 Å². The maximum atomic E-state index is 6.84. The molecule has 60 heavy (non-hydrogen) atoms. The van der Waals surface area contributed by atoms with Gasteiger partial charge in [0.05, 0.1) is 16.1 Å². The van der Waals surface area contributed by atoms with Crippen molar-refractivity contribution in [1.82, 2.24) is 0 Å². The Kier molecular flexibility index (Phi) is 8.03. The molecule has 0 aliphatic rings. The van der Waals surface area contributed by atoms with Gasteiger partial charge in [0.2, 0.25) is 0 Å². The van der Waals surface area contributed by atoms with E-state index in [4.69, 9.17) is 8.83 Å². The van der Waals surface area contributed by atoms with Crippen LogP contribution in [0.5, 0.6) is 0 Å². The molecule has 3 heterocycles. The lowest BCUT2D eigenvalue weighted by Gasteiger charge is -2.25. The molecule has 282 valence electrons. The van der Waals surface area contributed by atoms with Gasteiger partial charge in [0.25, 0.3) is 0 Å². The van der Waals surface area contributed by atoms with Crippen molar-refractivity contribution in [3.63, 3.8) is 0 Å². The number of benzene rings is 9. The van der Waals surface area contributed by atoms with Gasteiger partial charge in [-0.05, 0) is 111 Å². The number of rotatable bonds is 7. The first-order chi connectivity index (χ1) is 29.7. The molecule has 0 saturated carbocycles. The zero-order chi connectivity index (χ0) is 39.6. The lowest BCUT2D eigenvalue weighted by Crippen LogP contribution is -2.10. The van der Waals surface area contributed by atoms with Crippen LogP contribution in [0.3, 0.4) is 0 Å². The van der Waals surface area contributed by atoms with Crippen molar-refractivity contribution in [3.8, 4) is 44.5 Å². The summed E-state index contributed by atoms with van der Waals surface area (Å²) >= 11 is 1.80. The summed E-state index contributed by atoms with van der Waals surface area (Å²) in [6, 6.07) is 75.5. The van der Waals surface area contributed by atoms with Crippen LogP contribution in [0.4, 0.5) is 17.1 Å². The number of hydrogen-bond donors (Lipinski definition) is 0. The van der Waals surface area contributed by atoms with Crippen molar-refractivity contribution in [2.24, 2.45) is 0 Å². The summed E-state index contributed by atoms with van der Waals surface area (Å²) in [7, 11) is 0. The van der Waals surface area contributed by atoms with E-state index in [2.05, 4.69) is 205 Å². The van der Waals surface area contributed by atoms with Gasteiger partial charge in [-0.2, -0.15) is 0 Å². The fourth-order valence-electron chi connectivity index (χ4n) is 8.72. The first-order valence-electron chi connectivity index (χ1n) is 20.2. The highest BCUT2D eigenvalue weighted by molar-refractivity contribution is 7.26. The van der Waals surface area contributed by atoms with E-state index in [0.29, 0.717) is 0 Å². The minimum absolute atomic E-state index is 0.846. The molecule has 0 radical (unpaired) electrons. The smallest absolute Gasteiger partial charge is 0.159 e. The highest BCUT2D eigenvalue weighted by atomic mass is 32.1. The Labute approximate surface area is 350 Å². The number of fused-ring (bicyclic) bond motifs is 8. The summed E-state index contributed by atoms with van der Waals surface area (Å²) < 4.78 is 15.8. The highest BCUT2D eigenvalue weighted by Gasteiger charge is 2.22. The Balaban J connectivity index is 0.972. The Morgan fingerprint density at radius 2 is 0.850 bits per heavy atom. The van der Waals surface area contributed by atoms with Crippen LogP contribution in [0, 0.1) is 0 Å². The zero-order valence-corrected chi connectivity index (χ0v) is 33.2. The second-order valence-corrected chi connectivity index (χ2v) is 16.3. The number of furan rings is 2. The van der Waals surface area contributed by atoms with Crippen molar-refractivity contribution >= 4 is 81.7 Å². The average Bonchev–Trinajstić information content (AvgIpc) is 4.00. The second kappa shape index (κ2) is 14.0. The Hall–Kier alpha value is -7.66. The van der Waals surface area contributed by atoms with Crippen LogP contribution in [-0.2, 0) is 0 Å². The monoisotopic (exact) mass is 785 g/mol. The number of nitrogens with zero attached hydrogens (tertiary/aromatic N) is 1. The molecule has 12 rings (SSSR count). The highest BCUT2D eigenvalue weighted by Crippen LogP contribution is 2.47. The molecule has 0 amide bonds. The number of thiophene rings is 1.